The lowest BCUT2D eigenvalue weighted by Crippen LogP contribution is -2.14. The fourth-order valence-electron chi connectivity index (χ4n) is 2.79. The highest BCUT2D eigenvalue weighted by molar-refractivity contribution is 5.83. The summed E-state index contributed by atoms with van der Waals surface area (Å²) in [6.07, 6.45) is 7.19. The molecular formula is C14H22N2O3. The summed E-state index contributed by atoms with van der Waals surface area (Å²) in [7, 11) is 0. The van der Waals surface area contributed by atoms with E-state index in [-0.39, 0.29) is 5.89 Å². The fraction of sp³-hybridized carbons (Fsp3) is 0.786. The molecule has 0 radical (unpaired) electrons. The summed E-state index contributed by atoms with van der Waals surface area (Å²) in [4.78, 5) is 15.6. The van der Waals surface area contributed by atoms with Crippen LogP contribution in [0.5, 0.6) is 0 Å². The highest BCUT2D eigenvalue weighted by atomic mass is 16.6. The fourth-order valence-corrected chi connectivity index (χ4v) is 2.79. The van der Waals surface area contributed by atoms with Crippen LogP contribution in [0.3, 0.4) is 0 Å². The maximum atomic E-state index is 11.5. The molecule has 0 atom stereocenters. The van der Waals surface area contributed by atoms with Crippen LogP contribution in [-0.4, -0.2) is 22.7 Å². The minimum absolute atomic E-state index is 0.0208. The normalized spacial score (nSPS) is 23.3. The predicted molar refractivity (Wildman–Crippen MR) is 69.9 cm³/mol. The molecule has 0 spiro atoms. The zero-order chi connectivity index (χ0) is 13.7. The second-order valence-corrected chi connectivity index (χ2v) is 5.18. The quantitative estimate of drug-likeness (QED) is 0.765. The summed E-state index contributed by atoms with van der Waals surface area (Å²) in [5, 5.41) is 3.93. The average molecular weight is 266 g/mol. The third kappa shape index (κ3) is 3.55. The Kier molecular flexibility index (Phi) is 4.93. The SMILES string of the molecule is CCCC1CCC(c2noc(C(=O)OCC)n2)CC1. The first-order valence-electron chi connectivity index (χ1n) is 7.25. The lowest BCUT2D eigenvalue weighted by molar-refractivity contribution is 0.0470. The average Bonchev–Trinajstić information content (AvgIpc) is 2.90. The van der Waals surface area contributed by atoms with Gasteiger partial charge < -0.3 is 9.26 Å². The van der Waals surface area contributed by atoms with E-state index >= 15 is 0 Å². The van der Waals surface area contributed by atoms with Gasteiger partial charge in [0, 0.05) is 5.92 Å². The first-order chi connectivity index (χ1) is 9.24. The molecule has 0 amide bonds. The first-order valence-corrected chi connectivity index (χ1v) is 7.25. The number of carbonyl (C=O) groups is 1. The molecular weight excluding hydrogens is 244 g/mol. The van der Waals surface area contributed by atoms with Crippen molar-refractivity contribution in [2.24, 2.45) is 5.92 Å². The molecule has 0 N–H and O–H groups in total. The van der Waals surface area contributed by atoms with Gasteiger partial charge in [-0.1, -0.05) is 24.9 Å². The highest BCUT2D eigenvalue weighted by Gasteiger charge is 2.27. The Morgan fingerprint density at radius 2 is 2.05 bits per heavy atom. The minimum Gasteiger partial charge on any atom is -0.459 e. The van der Waals surface area contributed by atoms with Crippen LogP contribution >= 0.6 is 0 Å². The zero-order valence-corrected chi connectivity index (χ0v) is 11.7. The molecule has 0 saturated heterocycles. The molecule has 5 nitrogen and oxygen atoms in total. The largest absolute Gasteiger partial charge is 0.459 e. The summed E-state index contributed by atoms with van der Waals surface area (Å²) >= 11 is 0. The van der Waals surface area contributed by atoms with Crippen LogP contribution in [-0.2, 0) is 4.74 Å². The number of aromatic nitrogens is 2. The van der Waals surface area contributed by atoms with Gasteiger partial charge in [-0.15, -0.1) is 0 Å². The van der Waals surface area contributed by atoms with Crippen LogP contribution in [0.4, 0.5) is 0 Å². The van der Waals surface area contributed by atoms with E-state index in [4.69, 9.17) is 9.26 Å². The lowest BCUT2D eigenvalue weighted by atomic mass is 9.80. The van der Waals surface area contributed by atoms with E-state index in [1.54, 1.807) is 6.92 Å². The molecule has 1 fully saturated rings. The van der Waals surface area contributed by atoms with Crippen LogP contribution in [0.25, 0.3) is 0 Å². The third-order valence-corrected chi connectivity index (χ3v) is 3.80. The van der Waals surface area contributed by atoms with Crippen molar-refractivity contribution in [2.45, 2.75) is 58.3 Å². The Balaban J connectivity index is 1.91. The number of rotatable bonds is 5. The summed E-state index contributed by atoms with van der Waals surface area (Å²) in [6.45, 7) is 4.31. The van der Waals surface area contributed by atoms with Crippen LogP contribution in [0.2, 0.25) is 0 Å². The van der Waals surface area contributed by atoms with Gasteiger partial charge in [0.15, 0.2) is 5.82 Å². The van der Waals surface area contributed by atoms with Crippen molar-refractivity contribution in [2.75, 3.05) is 6.61 Å². The van der Waals surface area contributed by atoms with E-state index in [9.17, 15) is 4.79 Å². The lowest BCUT2D eigenvalue weighted by Gasteiger charge is -2.26. The van der Waals surface area contributed by atoms with Crippen molar-refractivity contribution in [1.82, 2.24) is 10.1 Å². The molecule has 2 rings (SSSR count). The van der Waals surface area contributed by atoms with Crippen LogP contribution in [0, 0.1) is 5.92 Å². The maximum Gasteiger partial charge on any atom is 0.397 e. The summed E-state index contributed by atoms with van der Waals surface area (Å²) in [5.74, 6) is 1.30. The maximum absolute atomic E-state index is 11.5. The van der Waals surface area contributed by atoms with Gasteiger partial charge in [-0.25, -0.2) is 4.79 Å². The van der Waals surface area contributed by atoms with E-state index < -0.39 is 5.97 Å². The summed E-state index contributed by atoms with van der Waals surface area (Å²) in [5.41, 5.74) is 0. The van der Waals surface area contributed by atoms with Crippen molar-refractivity contribution in [1.29, 1.82) is 0 Å². The first kappa shape index (κ1) is 14.0. The van der Waals surface area contributed by atoms with Gasteiger partial charge in [-0.05, 0) is 38.5 Å². The van der Waals surface area contributed by atoms with E-state index in [1.165, 1.54) is 25.7 Å². The molecule has 1 aliphatic rings. The molecule has 1 aromatic heterocycles. The van der Waals surface area contributed by atoms with Crippen molar-refractivity contribution in [3.05, 3.63) is 11.7 Å². The molecule has 1 aliphatic carbocycles. The molecule has 1 aromatic rings. The monoisotopic (exact) mass is 266 g/mol. The third-order valence-electron chi connectivity index (χ3n) is 3.80. The molecule has 19 heavy (non-hydrogen) atoms. The van der Waals surface area contributed by atoms with Gasteiger partial charge in [-0.2, -0.15) is 4.98 Å². The van der Waals surface area contributed by atoms with Crippen molar-refractivity contribution in [3.63, 3.8) is 0 Å². The van der Waals surface area contributed by atoms with Crippen LogP contribution < -0.4 is 0 Å². The van der Waals surface area contributed by atoms with Gasteiger partial charge in [0.2, 0.25) is 0 Å². The Bertz CT molecular complexity index is 409. The van der Waals surface area contributed by atoms with Gasteiger partial charge in [-0.3, -0.25) is 0 Å². The van der Waals surface area contributed by atoms with Crippen LogP contribution in [0.15, 0.2) is 4.52 Å². The molecule has 1 heterocycles. The number of esters is 1. The molecule has 0 unspecified atom stereocenters. The van der Waals surface area contributed by atoms with Gasteiger partial charge in [0.25, 0.3) is 0 Å². The van der Waals surface area contributed by atoms with Crippen molar-refractivity contribution >= 4 is 5.97 Å². The molecule has 5 heteroatoms. The topological polar surface area (TPSA) is 65.2 Å². The minimum atomic E-state index is -0.527. The van der Waals surface area contributed by atoms with Gasteiger partial charge in [0.05, 0.1) is 6.61 Å². The predicted octanol–water partition coefficient (Wildman–Crippen LogP) is 3.32. The van der Waals surface area contributed by atoms with Crippen LogP contribution in [0.1, 0.15) is 74.8 Å². The van der Waals surface area contributed by atoms with E-state index in [0.29, 0.717) is 18.3 Å². The Hall–Kier alpha value is -1.39. The molecule has 106 valence electrons. The zero-order valence-electron chi connectivity index (χ0n) is 11.7. The van der Waals surface area contributed by atoms with E-state index in [2.05, 4.69) is 17.1 Å². The smallest absolute Gasteiger partial charge is 0.397 e. The van der Waals surface area contributed by atoms with E-state index in [1.807, 2.05) is 0 Å². The number of ether oxygens (including phenoxy) is 1. The summed E-state index contributed by atoms with van der Waals surface area (Å²) < 4.78 is 9.81. The number of hydrogen-bond donors (Lipinski definition) is 0. The van der Waals surface area contributed by atoms with E-state index in [0.717, 1.165) is 18.8 Å². The number of hydrogen-bond acceptors (Lipinski definition) is 5. The molecule has 0 aliphatic heterocycles. The van der Waals surface area contributed by atoms with Crippen molar-refractivity contribution < 1.29 is 14.1 Å². The molecule has 0 aromatic carbocycles. The Labute approximate surface area is 113 Å². The molecule has 1 saturated carbocycles. The van der Waals surface area contributed by atoms with Crippen molar-refractivity contribution in [3.8, 4) is 0 Å². The highest BCUT2D eigenvalue weighted by Crippen LogP contribution is 2.36. The Morgan fingerprint density at radius 3 is 2.68 bits per heavy atom. The van der Waals surface area contributed by atoms with Gasteiger partial charge >= 0.3 is 11.9 Å². The second-order valence-electron chi connectivity index (χ2n) is 5.18. The number of carbonyl (C=O) groups excluding carboxylic acids is 1. The summed E-state index contributed by atoms with van der Waals surface area (Å²) in [6, 6.07) is 0. The standard InChI is InChI=1S/C14H22N2O3/c1-3-5-10-6-8-11(9-7-10)12-15-13(19-16-12)14(17)18-4-2/h10-11H,3-9H2,1-2H3. The van der Waals surface area contributed by atoms with Gasteiger partial charge in [0.1, 0.15) is 0 Å². The molecule has 0 bridgehead atoms. The number of nitrogens with zero attached hydrogens (tertiary/aromatic N) is 2. The second kappa shape index (κ2) is 6.68. The Morgan fingerprint density at radius 1 is 1.32 bits per heavy atom.